The second-order valence-electron chi connectivity index (χ2n) is 2.77. The Morgan fingerprint density at radius 1 is 1.46 bits per heavy atom. The number of hydrogen-bond acceptors (Lipinski definition) is 3. The summed E-state index contributed by atoms with van der Waals surface area (Å²) in [6, 6.07) is 2.06. The van der Waals surface area contributed by atoms with Crippen molar-refractivity contribution in [2.24, 2.45) is 5.10 Å². The van der Waals surface area contributed by atoms with Crippen LogP contribution in [0, 0.1) is 0 Å². The van der Waals surface area contributed by atoms with Crippen LogP contribution in [-0.2, 0) is 6.42 Å². The molecule has 3 heteroatoms. The normalized spacial score (nSPS) is 10.6. The van der Waals surface area contributed by atoms with Crippen LogP contribution in [-0.4, -0.2) is 11.2 Å². The van der Waals surface area contributed by atoms with Gasteiger partial charge in [0, 0.05) is 12.4 Å². The maximum Gasteiger partial charge on any atom is 0.0747 e. The summed E-state index contributed by atoms with van der Waals surface area (Å²) in [6.07, 6.45) is 7.41. The highest BCUT2D eigenvalue weighted by Crippen LogP contribution is 2.08. The van der Waals surface area contributed by atoms with Crippen molar-refractivity contribution in [3.8, 4) is 0 Å². The average Bonchev–Trinajstić information content (AvgIpc) is 2.19. The van der Waals surface area contributed by atoms with Gasteiger partial charge < -0.3 is 0 Å². The molecule has 1 aromatic rings. The highest BCUT2D eigenvalue weighted by molar-refractivity contribution is 5.58. The summed E-state index contributed by atoms with van der Waals surface area (Å²) in [4.78, 5) is 4.10. The van der Waals surface area contributed by atoms with Crippen LogP contribution in [0.4, 0.5) is 5.69 Å². The van der Waals surface area contributed by atoms with Crippen LogP contribution in [0.1, 0.15) is 25.8 Å². The summed E-state index contributed by atoms with van der Waals surface area (Å²) < 4.78 is 0. The van der Waals surface area contributed by atoms with Gasteiger partial charge in [-0.15, -0.1) is 0 Å². The first-order chi connectivity index (χ1) is 6.36. The molecule has 0 atom stereocenters. The van der Waals surface area contributed by atoms with Crippen molar-refractivity contribution in [1.29, 1.82) is 0 Å². The minimum absolute atomic E-state index is 0.938. The van der Waals surface area contributed by atoms with Crippen molar-refractivity contribution in [3.05, 3.63) is 24.0 Å². The third kappa shape index (κ3) is 3.23. The van der Waals surface area contributed by atoms with E-state index in [0.29, 0.717) is 0 Å². The van der Waals surface area contributed by atoms with Crippen LogP contribution in [0.3, 0.4) is 0 Å². The van der Waals surface area contributed by atoms with Gasteiger partial charge in [-0.3, -0.25) is 10.4 Å². The molecule has 1 N–H and O–H groups in total. The van der Waals surface area contributed by atoms with Gasteiger partial charge in [-0.2, -0.15) is 5.10 Å². The lowest BCUT2D eigenvalue weighted by Crippen LogP contribution is -1.91. The van der Waals surface area contributed by atoms with Crippen molar-refractivity contribution in [1.82, 2.24) is 4.98 Å². The number of aromatic nitrogens is 1. The molecule has 0 spiro atoms. The Bertz CT molecular complexity index is 281. The van der Waals surface area contributed by atoms with Crippen molar-refractivity contribution < 1.29 is 0 Å². The minimum atomic E-state index is 0.938. The zero-order valence-electron chi connectivity index (χ0n) is 8.12. The minimum Gasteiger partial charge on any atom is -0.277 e. The van der Waals surface area contributed by atoms with Crippen molar-refractivity contribution in [2.75, 3.05) is 5.43 Å². The van der Waals surface area contributed by atoms with Crippen LogP contribution in [0.15, 0.2) is 23.6 Å². The van der Waals surface area contributed by atoms with E-state index in [2.05, 4.69) is 28.5 Å². The molecule has 0 saturated carbocycles. The van der Waals surface area contributed by atoms with E-state index >= 15 is 0 Å². The second-order valence-corrected chi connectivity index (χ2v) is 2.77. The molecule has 0 bridgehead atoms. The topological polar surface area (TPSA) is 37.3 Å². The number of nitrogens with one attached hydrogen (secondary N) is 1. The third-order valence-electron chi connectivity index (χ3n) is 1.67. The lowest BCUT2D eigenvalue weighted by atomic mass is 10.2. The first-order valence-electron chi connectivity index (χ1n) is 4.58. The number of pyridine rings is 1. The largest absolute Gasteiger partial charge is 0.277 e. The molecule has 0 aliphatic heterocycles. The standard InChI is InChI=1S/C10H15N3/c1-3-5-12-13-10-6-9(4-2)7-11-8-10/h5-8,13H,3-4H2,1-2H3/b12-5-. The first-order valence-corrected chi connectivity index (χ1v) is 4.58. The molecule has 0 aliphatic rings. The summed E-state index contributed by atoms with van der Waals surface area (Å²) in [7, 11) is 0. The molecule has 0 amide bonds. The molecule has 0 fully saturated rings. The Morgan fingerprint density at radius 2 is 2.31 bits per heavy atom. The van der Waals surface area contributed by atoms with Gasteiger partial charge >= 0.3 is 0 Å². The van der Waals surface area contributed by atoms with E-state index in [9.17, 15) is 0 Å². The van der Waals surface area contributed by atoms with Gasteiger partial charge in [0.2, 0.25) is 0 Å². The SMILES string of the molecule is CC/C=N\Nc1cncc(CC)c1. The highest BCUT2D eigenvalue weighted by atomic mass is 15.3. The molecule has 1 aromatic heterocycles. The number of anilines is 1. The fourth-order valence-electron chi connectivity index (χ4n) is 0.954. The molecule has 0 saturated heterocycles. The molecule has 3 nitrogen and oxygen atoms in total. The molecule has 70 valence electrons. The Hall–Kier alpha value is -1.38. The molecular weight excluding hydrogens is 162 g/mol. The molecule has 0 radical (unpaired) electrons. The van der Waals surface area contributed by atoms with Crippen LogP contribution in [0.25, 0.3) is 0 Å². The predicted octanol–water partition coefficient (Wildman–Crippen LogP) is 2.45. The molecule has 0 aromatic carbocycles. The monoisotopic (exact) mass is 177 g/mol. The molecule has 1 rings (SSSR count). The Labute approximate surface area is 78.9 Å². The van der Waals surface area contributed by atoms with Gasteiger partial charge in [0.15, 0.2) is 0 Å². The zero-order chi connectivity index (χ0) is 9.52. The maximum atomic E-state index is 4.10. The molecule has 0 aliphatic carbocycles. The lowest BCUT2D eigenvalue weighted by Gasteiger charge is -2.00. The van der Waals surface area contributed by atoms with E-state index in [-0.39, 0.29) is 0 Å². The van der Waals surface area contributed by atoms with Crippen molar-refractivity contribution in [2.45, 2.75) is 26.7 Å². The van der Waals surface area contributed by atoms with Crippen molar-refractivity contribution >= 4 is 11.9 Å². The molecule has 0 unspecified atom stereocenters. The Balaban J connectivity index is 2.61. The van der Waals surface area contributed by atoms with Gasteiger partial charge in [0.1, 0.15) is 0 Å². The number of hydrogen-bond donors (Lipinski definition) is 1. The van der Waals surface area contributed by atoms with Gasteiger partial charge in [-0.05, 0) is 24.5 Å². The van der Waals surface area contributed by atoms with Crippen molar-refractivity contribution in [3.63, 3.8) is 0 Å². The van der Waals surface area contributed by atoms with Crippen LogP contribution in [0.2, 0.25) is 0 Å². The summed E-state index contributed by atoms with van der Waals surface area (Å²) in [6.45, 7) is 4.15. The Morgan fingerprint density at radius 3 is 3.00 bits per heavy atom. The zero-order valence-corrected chi connectivity index (χ0v) is 8.12. The van der Waals surface area contributed by atoms with Crippen LogP contribution in [0.5, 0.6) is 0 Å². The summed E-state index contributed by atoms with van der Waals surface area (Å²) >= 11 is 0. The smallest absolute Gasteiger partial charge is 0.0747 e. The molecular formula is C10H15N3. The van der Waals surface area contributed by atoms with Crippen LogP contribution >= 0.6 is 0 Å². The maximum absolute atomic E-state index is 4.10. The van der Waals surface area contributed by atoms with Gasteiger partial charge in [-0.1, -0.05) is 13.8 Å². The molecule has 13 heavy (non-hydrogen) atoms. The number of rotatable bonds is 4. The van der Waals surface area contributed by atoms with E-state index in [1.165, 1.54) is 5.56 Å². The number of nitrogens with zero attached hydrogens (tertiary/aromatic N) is 2. The van der Waals surface area contributed by atoms with Gasteiger partial charge in [-0.25, -0.2) is 0 Å². The lowest BCUT2D eigenvalue weighted by molar-refractivity contribution is 1.10. The number of aryl methyl sites for hydroxylation is 1. The van der Waals surface area contributed by atoms with Gasteiger partial charge in [0.25, 0.3) is 0 Å². The summed E-state index contributed by atoms with van der Waals surface area (Å²) in [5, 5.41) is 4.02. The number of hydrazone groups is 1. The van der Waals surface area contributed by atoms with Crippen LogP contribution < -0.4 is 5.43 Å². The first kappa shape index (κ1) is 9.71. The van der Waals surface area contributed by atoms with E-state index in [1.54, 1.807) is 6.20 Å². The fourth-order valence-corrected chi connectivity index (χ4v) is 0.954. The van der Waals surface area contributed by atoms with Gasteiger partial charge in [0.05, 0.1) is 11.9 Å². The highest BCUT2D eigenvalue weighted by Gasteiger charge is 1.92. The molecule has 1 heterocycles. The average molecular weight is 177 g/mol. The third-order valence-corrected chi connectivity index (χ3v) is 1.67. The predicted molar refractivity (Wildman–Crippen MR) is 56.0 cm³/mol. The summed E-state index contributed by atoms with van der Waals surface area (Å²) in [5.41, 5.74) is 5.09. The quantitative estimate of drug-likeness (QED) is 0.566. The second kappa shape index (κ2) is 5.30. The van der Waals surface area contributed by atoms with E-state index in [1.807, 2.05) is 19.3 Å². The summed E-state index contributed by atoms with van der Waals surface area (Å²) in [5.74, 6) is 0. The Kier molecular flexibility index (Phi) is 3.96. The fraction of sp³-hybridized carbons (Fsp3) is 0.400. The van der Waals surface area contributed by atoms with E-state index < -0.39 is 0 Å². The van der Waals surface area contributed by atoms with E-state index in [0.717, 1.165) is 18.5 Å². The van der Waals surface area contributed by atoms with E-state index in [4.69, 9.17) is 0 Å².